The molecule has 26 heavy (non-hydrogen) atoms. The standard InChI is InChI=1S/C21H23N3O2/c1-15(23)11-16-12-18-7-8-24(20(18)19(13-16)14-22)9-10-26-21(25)17-5-3-2-4-6-17/h2-6,12-13,15H,7-11,23H2,1H3/t15-/m1/s1. The molecule has 2 N–H and O–H groups in total. The van der Waals surface area contributed by atoms with Gasteiger partial charge < -0.3 is 15.4 Å². The highest BCUT2D eigenvalue weighted by Gasteiger charge is 2.23. The topological polar surface area (TPSA) is 79.3 Å². The van der Waals surface area contributed by atoms with Crippen LogP contribution >= 0.6 is 0 Å². The molecule has 0 aliphatic carbocycles. The van der Waals surface area contributed by atoms with Crippen molar-refractivity contribution in [3.8, 4) is 6.07 Å². The van der Waals surface area contributed by atoms with Crippen LogP contribution in [0.2, 0.25) is 0 Å². The van der Waals surface area contributed by atoms with Crippen molar-refractivity contribution in [3.05, 3.63) is 64.7 Å². The highest BCUT2D eigenvalue weighted by molar-refractivity contribution is 5.89. The maximum atomic E-state index is 12.0. The maximum Gasteiger partial charge on any atom is 0.338 e. The maximum absolute atomic E-state index is 12.0. The van der Waals surface area contributed by atoms with Crippen LogP contribution in [0.15, 0.2) is 42.5 Å². The number of nitrogens with zero attached hydrogens (tertiary/aromatic N) is 2. The second-order valence-electron chi connectivity index (χ2n) is 6.68. The Morgan fingerprint density at radius 3 is 2.81 bits per heavy atom. The lowest BCUT2D eigenvalue weighted by Crippen LogP contribution is -2.27. The zero-order chi connectivity index (χ0) is 18.5. The number of nitriles is 1. The number of carbonyl (C=O) groups is 1. The minimum absolute atomic E-state index is 0.0643. The number of anilines is 1. The molecule has 0 bridgehead atoms. The Bertz CT molecular complexity index is 825. The van der Waals surface area contributed by atoms with Crippen molar-refractivity contribution in [2.75, 3.05) is 24.6 Å². The van der Waals surface area contributed by atoms with E-state index in [-0.39, 0.29) is 12.0 Å². The summed E-state index contributed by atoms with van der Waals surface area (Å²) < 4.78 is 5.37. The van der Waals surface area contributed by atoms with Crippen LogP contribution in [0.1, 0.15) is 34.0 Å². The van der Waals surface area contributed by atoms with Crippen molar-refractivity contribution in [2.45, 2.75) is 25.8 Å². The number of hydrogen-bond donors (Lipinski definition) is 1. The number of rotatable bonds is 6. The fraction of sp³-hybridized carbons (Fsp3) is 0.333. The first-order valence-electron chi connectivity index (χ1n) is 8.87. The van der Waals surface area contributed by atoms with E-state index in [4.69, 9.17) is 10.5 Å². The third-order valence-electron chi connectivity index (χ3n) is 4.50. The second kappa shape index (κ2) is 8.03. The summed E-state index contributed by atoms with van der Waals surface area (Å²) in [4.78, 5) is 14.2. The summed E-state index contributed by atoms with van der Waals surface area (Å²) in [5.41, 5.74) is 10.4. The number of fused-ring (bicyclic) bond motifs is 1. The van der Waals surface area contributed by atoms with Gasteiger partial charge in [0.15, 0.2) is 0 Å². The Labute approximate surface area is 154 Å². The molecule has 1 heterocycles. The van der Waals surface area contributed by atoms with Crippen LogP contribution in [-0.2, 0) is 17.6 Å². The van der Waals surface area contributed by atoms with Crippen molar-refractivity contribution >= 4 is 11.7 Å². The summed E-state index contributed by atoms with van der Waals surface area (Å²) >= 11 is 0. The van der Waals surface area contributed by atoms with Gasteiger partial charge in [0.05, 0.1) is 23.4 Å². The van der Waals surface area contributed by atoms with Crippen LogP contribution in [0.3, 0.4) is 0 Å². The first-order chi connectivity index (χ1) is 12.6. The van der Waals surface area contributed by atoms with Crippen molar-refractivity contribution in [2.24, 2.45) is 5.73 Å². The lowest BCUT2D eigenvalue weighted by Gasteiger charge is -2.21. The van der Waals surface area contributed by atoms with Gasteiger partial charge in [0.2, 0.25) is 0 Å². The van der Waals surface area contributed by atoms with E-state index < -0.39 is 0 Å². The highest BCUT2D eigenvalue weighted by Crippen LogP contribution is 2.33. The predicted octanol–water partition coefficient (Wildman–Crippen LogP) is 2.67. The van der Waals surface area contributed by atoms with E-state index in [0.717, 1.165) is 30.6 Å². The number of ether oxygens (including phenoxy) is 1. The average molecular weight is 349 g/mol. The molecule has 3 rings (SSSR count). The van der Waals surface area contributed by atoms with Crippen molar-refractivity contribution in [1.82, 2.24) is 0 Å². The SMILES string of the molecule is C[C@@H](N)Cc1cc(C#N)c2c(c1)CCN2CCOC(=O)c1ccccc1. The van der Waals surface area contributed by atoms with Crippen molar-refractivity contribution in [3.63, 3.8) is 0 Å². The van der Waals surface area contributed by atoms with Crippen LogP contribution in [0, 0.1) is 11.3 Å². The molecule has 0 fully saturated rings. The fourth-order valence-electron chi connectivity index (χ4n) is 3.40. The molecule has 5 heteroatoms. The Hall–Kier alpha value is -2.84. The number of benzene rings is 2. The third-order valence-corrected chi connectivity index (χ3v) is 4.50. The first-order valence-corrected chi connectivity index (χ1v) is 8.87. The molecule has 1 atom stereocenters. The Kier molecular flexibility index (Phi) is 5.55. The number of carbonyl (C=O) groups excluding carboxylic acids is 1. The molecule has 2 aromatic carbocycles. The van der Waals surface area contributed by atoms with Gasteiger partial charge in [-0.3, -0.25) is 0 Å². The molecule has 134 valence electrons. The summed E-state index contributed by atoms with van der Waals surface area (Å²) in [5.74, 6) is -0.321. The smallest absolute Gasteiger partial charge is 0.338 e. The van der Waals surface area contributed by atoms with E-state index in [1.54, 1.807) is 12.1 Å². The van der Waals surface area contributed by atoms with E-state index in [1.165, 1.54) is 5.56 Å². The lowest BCUT2D eigenvalue weighted by atomic mass is 9.99. The zero-order valence-corrected chi connectivity index (χ0v) is 14.9. The van der Waals surface area contributed by atoms with Gasteiger partial charge in [0.1, 0.15) is 12.7 Å². The Balaban J connectivity index is 1.66. The van der Waals surface area contributed by atoms with E-state index in [0.29, 0.717) is 24.3 Å². The molecule has 1 aliphatic heterocycles. The molecule has 5 nitrogen and oxygen atoms in total. The molecular weight excluding hydrogens is 326 g/mol. The van der Waals surface area contributed by atoms with Crippen molar-refractivity contribution < 1.29 is 9.53 Å². The van der Waals surface area contributed by atoms with Gasteiger partial charge in [-0.15, -0.1) is 0 Å². The Morgan fingerprint density at radius 2 is 2.12 bits per heavy atom. The zero-order valence-electron chi connectivity index (χ0n) is 14.9. The average Bonchev–Trinajstić information content (AvgIpc) is 3.04. The van der Waals surface area contributed by atoms with Gasteiger partial charge in [-0.05, 0) is 49.1 Å². The number of nitrogens with two attached hydrogens (primary N) is 1. The first kappa shape index (κ1) is 18.0. The van der Waals surface area contributed by atoms with Gasteiger partial charge in [0.25, 0.3) is 0 Å². The van der Waals surface area contributed by atoms with Gasteiger partial charge in [-0.1, -0.05) is 24.3 Å². The van der Waals surface area contributed by atoms with Crippen LogP contribution in [-0.4, -0.2) is 31.7 Å². The summed E-state index contributed by atoms with van der Waals surface area (Å²) in [7, 11) is 0. The molecule has 0 spiro atoms. The summed E-state index contributed by atoms with van der Waals surface area (Å²) in [6.45, 7) is 3.66. The Morgan fingerprint density at radius 1 is 1.35 bits per heavy atom. The second-order valence-corrected chi connectivity index (χ2v) is 6.68. The predicted molar refractivity (Wildman–Crippen MR) is 101 cm³/mol. The molecule has 0 unspecified atom stereocenters. The minimum atomic E-state index is -0.321. The van der Waals surface area contributed by atoms with Crippen LogP contribution in [0.4, 0.5) is 5.69 Å². The highest BCUT2D eigenvalue weighted by atomic mass is 16.5. The molecule has 0 saturated heterocycles. The van der Waals surface area contributed by atoms with Crippen molar-refractivity contribution in [1.29, 1.82) is 5.26 Å². The molecule has 0 amide bonds. The minimum Gasteiger partial charge on any atom is -0.460 e. The van der Waals surface area contributed by atoms with Crippen LogP contribution < -0.4 is 10.6 Å². The van der Waals surface area contributed by atoms with Gasteiger partial charge in [-0.2, -0.15) is 5.26 Å². The van der Waals surface area contributed by atoms with Gasteiger partial charge in [0, 0.05) is 12.6 Å². The molecule has 0 aromatic heterocycles. The van der Waals surface area contributed by atoms with Gasteiger partial charge >= 0.3 is 5.97 Å². The largest absolute Gasteiger partial charge is 0.460 e. The van der Waals surface area contributed by atoms with Crippen LogP contribution in [0.5, 0.6) is 0 Å². The van der Waals surface area contributed by atoms with E-state index >= 15 is 0 Å². The number of hydrogen-bond acceptors (Lipinski definition) is 5. The molecule has 0 saturated carbocycles. The summed E-state index contributed by atoms with van der Waals surface area (Å²) in [6.07, 6.45) is 1.65. The molecule has 2 aromatic rings. The quantitative estimate of drug-likeness (QED) is 0.811. The van der Waals surface area contributed by atoms with E-state index in [1.807, 2.05) is 31.2 Å². The van der Waals surface area contributed by atoms with Crippen LogP contribution in [0.25, 0.3) is 0 Å². The van der Waals surface area contributed by atoms with Gasteiger partial charge in [-0.25, -0.2) is 4.79 Å². The molecule has 0 radical (unpaired) electrons. The number of esters is 1. The normalized spacial score (nSPS) is 13.8. The monoisotopic (exact) mass is 349 g/mol. The summed E-state index contributed by atoms with van der Waals surface area (Å²) in [5, 5.41) is 9.55. The molecular formula is C21H23N3O2. The third kappa shape index (κ3) is 4.04. The van der Waals surface area contributed by atoms with E-state index in [9.17, 15) is 10.1 Å². The fourth-order valence-corrected chi connectivity index (χ4v) is 3.40. The summed E-state index contributed by atoms with van der Waals surface area (Å²) in [6, 6.07) is 15.4. The van der Waals surface area contributed by atoms with E-state index in [2.05, 4.69) is 17.0 Å². The molecule has 1 aliphatic rings. The lowest BCUT2D eigenvalue weighted by molar-refractivity contribution is 0.0515.